The third kappa shape index (κ3) is 3.51. The van der Waals surface area contributed by atoms with Gasteiger partial charge in [-0.25, -0.2) is 0 Å². The molecule has 1 nitrogen and oxygen atoms in total. The highest BCUT2D eigenvalue weighted by molar-refractivity contribution is 9.10. The van der Waals surface area contributed by atoms with Crippen molar-refractivity contribution in [1.29, 1.82) is 0 Å². The van der Waals surface area contributed by atoms with E-state index < -0.39 is 0 Å². The van der Waals surface area contributed by atoms with E-state index in [2.05, 4.69) is 69.9 Å². The average Bonchev–Trinajstić information content (AvgIpc) is 2.86. The maximum Gasteiger partial charge on any atom is 0.0178 e. The Morgan fingerprint density at radius 1 is 1.30 bits per heavy atom. The van der Waals surface area contributed by atoms with Gasteiger partial charge in [0.1, 0.15) is 0 Å². The van der Waals surface area contributed by atoms with Crippen LogP contribution in [0.3, 0.4) is 0 Å². The molecule has 1 heterocycles. The summed E-state index contributed by atoms with van der Waals surface area (Å²) in [5.74, 6) is 0.735. The molecular weight excluding hydrogens is 330 g/mol. The Kier molecular flexibility index (Phi) is 4.59. The fourth-order valence-electron chi connectivity index (χ4n) is 2.98. The lowest BCUT2D eigenvalue weighted by Gasteiger charge is -2.38. The number of thiophene rings is 1. The van der Waals surface area contributed by atoms with Gasteiger partial charge in [0.2, 0.25) is 0 Å². The number of nitrogens with one attached hydrogen (secondary N) is 1. The lowest BCUT2D eigenvalue weighted by molar-refractivity contribution is 0.269. The van der Waals surface area contributed by atoms with Gasteiger partial charge in [0.25, 0.3) is 0 Å². The molecule has 1 N–H and O–H groups in total. The van der Waals surface area contributed by atoms with E-state index in [0.29, 0.717) is 12.1 Å². The van der Waals surface area contributed by atoms with Crippen LogP contribution in [0, 0.1) is 0 Å². The van der Waals surface area contributed by atoms with Crippen LogP contribution in [0.1, 0.15) is 36.1 Å². The van der Waals surface area contributed by atoms with Crippen LogP contribution < -0.4 is 5.32 Å². The smallest absolute Gasteiger partial charge is 0.0178 e. The van der Waals surface area contributed by atoms with E-state index >= 15 is 0 Å². The van der Waals surface area contributed by atoms with Gasteiger partial charge in [0.15, 0.2) is 0 Å². The van der Waals surface area contributed by atoms with Crippen molar-refractivity contribution >= 4 is 27.3 Å². The van der Waals surface area contributed by atoms with E-state index in [9.17, 15) is 0 Å². The van der Waals surface area contributed by atoms with Crippen molar-refractivity contribution in [2.75, 3.05) is 0 Å². The van der Waals surface area contributed by atoms with Gasteiger partial charge in [-0.2, -0.15) is 0 Å². The molecule has 1 aromatic carbocycles. The summed E-state index contributed by atoms with van der Waals surface area (Å²) in [6.07, 6.45) is 3.69. The molecule has 3 heteroatoms. The lowest BCUT2D eigenvalue weighted by atomic mass is 9.75. The zero-order chi connectivity index (χ0) is 13.9. The SMILES string of the molecule is CC(Cc1cccs1)NC1CC(c2cccc(Br)c2)C1. The minimum absolute atomic E-state index is 0.571. The fraction of sp³-hybridized carbons (Fsp3) is 0.412. The van der Waals surface area contributed by atoms with Crippen molar-refractivity contribution in [1.82, 2.24) is 5.32 Å². The third-order valence-electron chi connectivity index (χ3n) is 4.07. The van der Waals surface area contributed by atoms with Gasteiger partial charge in [-0.1, -0.05) is 34.1 Å². The van der Waals surface area contributed by atoms with Crippen LogP contribution in [0.5, 0.6) is 0 Å². The second-order valence-electron chi connectivity index (χ2n) is 5.77. The van der Waals surface area contributed by atoms with E-state index in [1.165, 1.54) is 27.8 Å². The summed E-state index contributed by atoms with van der Waals surface area (Å²) in [4.78, 5) is 1.48. The number of hydrogen-bond acceptors (Lipinski definition) is 2. The molecule has 106 valence electrons. The molecule has 1 aromatic heterocycles. The second kappa shape index (κ2) is 6.42. The normalized spacial score (nSPS) is 23.3. The topological polar surface area (TPSA) is 12.0 Å². The lowest BCUT2D eigenvalue weighted by Crippen LogP contribution is -2.45. The van der Waals surface area contributed by atoms with Gasteiger partial charge in [-0.15, -0.1) is 11.3 Å². The van der Waals surface area contributed by atoms with Crippen LogP contribution >= 0.6 is 27.3 Å². The van der Waals surface area contributed by atoms with Gasteiger partial charge >= 0.3 is 0 Å². The molecule has 0 spiro atoms. The molecule has 1 saturated carbocycles. The molecule has 1 unspecified atom stereocenters. The molecule has 20 heavy (non-hydrogen) atoms. The minimum atomic E-state index is 0.571. The minimum Gasteiger partial charge on any atom is -0.311 e. The maximum absolute atomic E-state index is 3.76. The predicted octanol–water partition coefficient (Wildman–Crippen LogP) is 4.98. The second-order valence-corrected chi connectivity index (χ2v) is 7.72. The van der Waals surface area contributed by atoms with E-state index in [0.717, 1.165) is 12.3 Å². The van der Waals surface area contributed by atoms with Crippen LogP contribution in [0.2, 0.25) is 0 Å². The van der Waals surface area contributed by atoms with Crippen molar-refractivity contribution in [3.05, 3.63) is 56.7 Å². The first-order valence-corrected chi connectivity index (χ1v) is 8.92. The number of halogens is 1. The Morgan fingerprint density at radius 2 is 2.15 bits per heavy atom. The predicted molar refractivity (Wildman–Crippen MR) is 90.5 cm³/mol. The third-order valence-corrected chi connectivity index (χ3v) is 5.46. The fourth-order valence-corrected chi connectivity index (χ4v) is 4.23. The Morgan fingerprint density at radius 3 is 2.85 bits per heavy atom. The summed E-state index contributed by atoms with van der Waals surface area (Å²) in [6.45, 7) is 2.30. The zero-order valence-electron chi connectivity index (χ0n) is 11.7. The quantitative estimate of drug-likeness (QED) is 0.802. The monoisotopic (exact) mass is 349 g/mol. The van der Waals surface area contributed by atoms with Gasteiger partial charge in [-0.3, -0.25) is 0 Å². The first-order chi connectivity index (χ1) is 9.70. The summed E-state index contributed by atoms with van der Waals surface area (Å²) in [5, 5.41) is 5.93. The summed E-state index contributed by atoms with van der Waals surface area (Å²) < 4.78 is 1.19. The largest absolute Gasteiger partial charge is 0.311 e. The van der Waals surface area contributed by atoms with E-state index in [4.69, 9.17) is 0 Å². The molecule has 0 bridgehead atoms. The molecule has 0 radical (unpaired) electrons. The summed E-state index contributed by atoms with van der Waals surface area (Å²) in [6, 6.07) is 14.4. The molecule has 1 atom stereocenters. The van der Waals surface area contributed by atoms with Crippen LogP contribution in [0.4, 0.5) is 0 Å². The van der Waals surface area contributed by atoms with Crippen LogP contribution in [-0.4, -0.2) is 12.1 Å². The molecule has 0 amide bonds. The molecule has 1 fully saturated rings. The summed E-state index contributed by atoms with van der Waals surface area (Å²) >= 11 is 5.42. The zero-order valence-corrected chi connectivity index (χ0v) is 14.1. The summed E-state index contributed by atoms with van der Waals surface area (Å²) in [7, 11) is 0. The molecular formula is C17H20BrNS. The van der Waals surface area contributed by atoms with E-state index in [1.807, 2.05) is 11.3 Å². The van der Waals surface area contributed by atoms with Gasteiger partial charge < -0.3 is 5.32 Å². The highest BCUT2D eigenvalue weighted by Crippen LogP contribution is 2.37. The maximum atomic E-state index is 3.76. The number of benzene rings is 1. The number of hydrogen-bond donors (Lipinski definition) is 1. The Bertz CT molecular complexity index is 546. The molecule has 3 rings (SSSR count). The standard InChI is InChI=1S/C17H20BrNS/c1-12(8-17-6-3-7-20-17)19-16-10-14(11-16)13-4-2-5-15(18)9-13/h2-7,9,12,14,16,19H,8,10-11H2,1H3. The molecule has 0 aliphatic heterocycles. The highest BCUT2D eigenvalue weighted by Gasteiger charge is 2.30. The van der Waals surface area contributed by atoms with E-state index in [1.54, 1.807) is 0 Å². The van der Waals surface area contributed by atoms with Crippen LogP contribution in [0.15, 0.2) is 46.3 Å². The molecule has 0 saturated heterocycles. The average molecular weight is 350 g/mol. The van der Waals surface area contributed by atoms with Gasteiger partial charge in [0.05, 0.1) is 0 Å². The van der Waals surface area contributed by atoms with Crippen LogP contribution in [-0.2, 0) is 6.42 Å². The van der Waals surface area contributed by atoms with Crippen LogP contribution in [0.25, 0.3) is 0 Å². The van der Waals surface area contributed by atoms with Gasteiger partial charge in [-0.05, 0) is 61.2 Å². The van der Waals surface area contributed by atoms with Crippen molar-refractivity contribution < 1.29 is 0 Å². The van der Waals surface area contributed by atoms with Crippen molar-refractivity contribution in [2.24, 2.45) is 0 Å². The van der Waals surface area contributed by atoms with Crippen molar-refractivity contribution in [3.63, 3.8) is 0 Å². The molecule has 1 aliphatic carbocycles. The van der Waals surface area contributed by atoms with Crippen molar-refractivity contribution in [2.45, 2.75) is 44.2 Å². The first kappa shape index (κ1) is 14.3. The Hall–Kier alpha value is -0.640. The first-order valence-electron chi connectivity index (χ1n) is 7.24. The van der Waals surface area contributed by atoms with Gasteiger partial charge in [0, 0.05) is 21.4 Å². The Labute approximate surface area is 133 Å². The van der Waals surface area contributed by atoms with E-state index in [-0.39, 0.29) is 0 Å². The highest BCUT2D eigenvalue weighted by atomic mass is 79.9. The summed E-state index contributed by atoms with van der Waals surface area (Å²) in [5.41, 5.74) is 1.48. The Balaban J connectivity index is 1.46. The molecule has 2 aromatic rings. The molecule has 1 aliphatic rings. The number of rotatable bonds is 5. The van der Waals surface area contributed by atoms with Crippen molar-refractivity contribution in [3.8, 4) is 0 Å².